The zero-order valence-corrected chi connectivity index (χ0v) is 17.0. The number of thiazole rings is 1. The molecule has 2 aromatic heterocycles. The van der Waals surface area contributed by atoms with E-state index in [1.54, 1.807) is 22.6 Å². The topological polar surface area (TPSA) is 75.2 Å². The van der Waals surface area contributed by atoms with Crippen LogP contribution < -0.4 is 5.32 Å². The molecule has 0 amide bonds. The average molecular weight is 415 g/mol. The molecule has 1 aliphatic rings. The molecule has 0 atom stereocenters. The predicted molar refractivity (Wildman–Crippen MR) is 112 cm³/mol. The summed E-state index contributed by atoms with van der Waals surface area (Å²) in [5.74, 6) is 0.738. The minimum atomic E-state index is -3.42. The van der Waals surface area contributed by atoms with Gasteiger partial charge in [-0.25, -0.2) is 18.4 Å². The summed E-state index contributed by atoms with van der Waals surface area (Å²) < 4.78 is 27.4. The van der Waals surface area contributed by atoms with Crippen molar-refractivity contribution in [3.05, 3.63) is 54.0 Å². The average Bonchev–Trinajstić information content (AvgIpc) is 3.00. The van der Waals surface area contributed by atoms with Crippen molar-refractivity contribution in [2.24, 2.45) is 0 Å². The first kappa shape index (κ1) is 19.0. The van der Waals surface area contributed by atoms with Gasteiger partial charge >= 0.3 is 0 Å². The molecule has 28 heavy (non-hydrogen) atoms. The second-order valence-corrected chi connectivity index (χ2v) is 9.52. The van der Waals surface area contributed by atoms with Gasteiger partial charge in [-0.05, 0) is 37.1 Å². The number of rotatable bonds is 5. The summed E-state index contributed by atoms with van der Waals surface area (Å²) in [6.07, 6.45) is 5.79. The van der Waals surface area contributed by atoms with Crippen LogP contribution >= 0.6 is 11.3 Å². The Morgan fingerprint density at radius 1 is 0.964 bits per heavy atom. The fraction of sp³-hybridized carbons (Fsp3) is 0.300. The van der Waals surface area contributed by atoms with Crippen LogP contribution in [0.3, 0.4) is 0 Å². The van der Waals surface area contributed by atoms with Crippen LogP contribution in [0.15, 0.2) is 58.9 Å². The Morgan fingerprint density at radius 2 is 1.71 bits per heavy atom. The molecule has 0 saturated carbocycles. The van der Waals surface area contributed by atoms with Crippen LogP contribution in [0.1, 0.15) is 25.7 Å². The Morgan fingerprint density at radius 3 is 2.39 bits per heavy atom. The molecular weight excluding hydrogens is 392 g/mol. The van der Waals surface area contributed by atoms with Crippen LogP contribution in [-0.4, -0.2) is 35.8 Å². The first-order valence-electron chi connectivity index (χ1n) is 9.37. The fourth-order valence-corrected chi connectivity index (χ4v) is 5.48. The van der Waals surface area contributed by atoms with E-state index in [4.69, 9.17) is 0 Å². The molecule has 3 aromatic rings. The molecule has 1 fully saturated rings. The van der Waals surface area contributed by atoms with Crippen molar-refractivity contribution < 1.29 is 8.42 Å². The molecular formula is C20H22N4O2S2. The fourth-order valence-electron chi connectivity index (χ4n) is 3.24. The van der Waals surface area contributed by atoms with E-state index >= 15 is 0 Å². The lowest BCUT2D eigenvalue weighted by molar-refractivity contribution is 0.424. The van der Waals surface area contributed by atoms with Gasteiger partial charge in [-0.1, -0.05) is 31.0 Å². The van der Waals surface area contributed by atoms with Crippen LogP contribution in [0, 0.1) is 0 Å². The standard InChI is InChI=1S/C20H22N4O2S2/c25-28(26,24-13-5-1-2-6-14-24)17-10-8-16(9-11-17)18-15-27-20(22-18)23-19-7-3-4-12-21-19/h3-4,7-12,15H,1-2,5-6,13-14H2,(H,21,22,23). The van der Waals surface area contributed by atoms with Gasteiger partial charge in [-0.2, -0.15) is 4.31 Å². The molecule has 3 heterocycles. The monoisotopic (exact) mass is 414 g/mol. The Labute approximate surface area is 169 Å². The minimum absolute atomic E-state index is 0.347. The maximum atomic E-state index is 12.9. The molecule has 0 spiro atoms. The molecule has 6 nitrogen and oxygen atoms in total. The van der Waals surface area contributed by atoms with Crippen molar-refractivity contribution in [1.82, 2.24) is 14.3 Å². The summed E-state index contributed by atoms with van der Waals surface area (Å²) in [6, 6.07) is 12.7. The van der Waals surface area contributed by atoms with E-state index in [9.17, 15) is 8.42 Å². The summed E-state index contributed by atoms with van der Waals surface area (Å²) in [4.78, 5) is 9.15. The number of anilines is 2. The quantitative estimate of drug-likeness (QED) is 0.665. The first-order chi connectivity index (χ1) is 13.6. The van der Waals surface area contributed by atoms with E-state index < -0.39 is 10.0 Å². The molecule has 0 aliphatic carbocycles. The van der Waals surface area contributed by atoms with E-state index in [1.165, 1.54) is 11.3 Å². The van der Waals surface area contributed by atoms with Gasteiger partial charge in [0.2, 0.25) is 10.0 Å². The highest BCUT2D eigenvalue weighted by molar-refractivity contribution is 7.89. The maximum Gasteiger partial charge on any atom is 0.243 e. The second kappa shape index (κ2) is 8.38. The van der Waals surface area contributed by atoms with Gasteiger partial charge in [0.15, 0.2) is 5.13 Å². The summed E-state index contributed by atoms with van der Waals surface area (Å²) >= 11 is 1.49. The number of sulfonamides is 1. The lowest BCUT2D eigenvalue weighted by atomic mass is 10.2. The van der Waals surface area contributed by atoms with E-state index in [0.717, 1.165) is 47.9 Å². The number of aromatic nitrogens is 2. The van der Waals surface area contributed by atoms with Crippen molar-refractivity contribution in [3.8, 4) is 11.3 Å². The van der Waals surface area contributed by atoms with E-state index in [0.29, 0.717) is 18.0 Å². The largest absolute Gasteiger partial charge is 0.316 e. The van der Waals surface area contributed by atoms with Crippen molar-refractivity contribution in [2.75, 3.05) is 18.4 Å². The summed E-state index contributed by atoms with van der Waals surface area (Å²) in [5.41, 5.74) is 1.70. The normalized spacial score (nSPS) is 15.9. The minimum Gasteiger partial charge on any atom is -0.316 e. The number of pyridine rings is 1. The zero-order valence-electron chi connectivity index (χ0n) is 15.4. The Bertz CT molecular complexity index is 1010. The Kier molecular flexibility index (Phi) is 5.70. The lowest BCUT2D eigenvalue weighted by Crippen LogP contribution is -2.31. The number of nitrogens with one attached hydrogen (secondary N) is 1. The van der Waals surface area contributed by atoms with Crippen molar-refractivity contribution in [1.29, 1.82) is 0 Å². The van der Waals surface area contributed by atoms with Gasteiger partial charge in [0.05, 0.1) is 10.6 Å². The van der Waals surface area contributed by atoms with E-state index in [1.807, 2.05) is 35.7 Å². The highest BCUT2D eigenvalue weighted by Crippen LogP contribution is 2.28. The van der Waals surface area contributed by atoms with Gasteiger partial charge in [-0.3, -0.25) is 0 Å². The van der Waals surface area contributed by atoms with Crippen LogP contribution in [0.2, 0.25) is 0 Å². The third-order valence-corrected chi connectivity index (χ3v) is 7.43. The molecule has 1 N–H and O–H groups in total. The molecule has 1 aromatic carbocycles. The third-order valence-electron chi connectivity index (χ3n) is 4.76. The highest BCUT2D eigenvalue weighted by Gasteiger charge is 2.25. The number of hydrogen-bond donors (Lipinski definition) is 1. The highest BCUT2D eigenvalue weighted by atomic mass is 32.2. The van der Waals surface area contributed by atoms with Crippen molar-refractivity contribution in [2.45, 2.75) is 30.6 Å². The van der Waals surface area contributed by atoms with Crippen molar-refractivity contribution >= 4 is 32.3 Å². The number of hydrogen-bond acceptors (Lipinski definition) is 6. The Hall–Kier alpha value is -2.29. The molecule has 146 valence electrons. The molecule has 4 rings (SSSR count). The smallest absolute Gasteiger partial charge is 0.243 e. The molecule has 8 heteroatoms. The predicted octanol–water partition coefficient (Wildman–Crippen LogP) is 4.51. The molecule has 0 bridgehead atoms. The molecule has 1 aliphatic heterocycles. The van der Waals surface area contributed by atoms with Gasteiger partial charge < -0.3 is 5.32 Å². The summed E-state index contributed by atoms with van der Waals surface area (Å²) in [5, 5.41) is 5.87. The molecule has 0 unspecified atom stereocenters. The summed E-state index contributed by atoms with van der Waals surface area (Å²) in [7, 11) is -3.42. The first-order valence-corrected chi connectivity index (χ1v) is 11.7. The molecule has 1 saturated heterocycles. The van der Waals surface area contributed by atoms with E-state index in [-0.39, 0.29) is 0 Å². The van der Waals surface area contributed by atoms with Gasteiger partial charge in [0.25, 0.3) is 0 Å². The van der Waals surface area contributed by atoms with Crippen LogP contribution in [0.25, 0.3) is 11.3 Å². The van der Waals surface area contributed by atoms with Crippen LogP contribution in [0.4, 0.5) is 10.9 Å². The van der Waals surface area contributed by atoms with Gasteiger partial charge in [-0.15, -0.1) is 11.3 Å². The zero-order chi connectivity index (χ0) is 19.4. The SMILES string of the molecule is O=S(=O)(c1ccc(-c2csc(Nc3ccccn3)n2)cc1)N1CCCCCC1. The maximum absolute atomic E-state index is 12.9. The van der Waals surface area contributed by atoms with Gasteiger partial charge in [0.1, 0.15) is 5.82 Å². The van der Waals surface area contributed by atoms with Gasteiger partial charge in [0, 0.05) is 30.2 Å². The Balaban J connectivity index is 1.50. The number of benzene rings is 1. The van der Waals surface area contributed by atoms with Crippen LogP contribution in [0.5, 0.6) is 0 Å². The number of nitrogens with zero attached hydrogens (tertiary/aromatic N) is 3. The van der Waals surface area contributed by atoms with E-state index in [2.05, 4.69) is 15.3 Å². The lowest BCUT2D eigenvalue weighted by Gasteiger charge is -2.19. The molecule has 0 radical (unpaired) electrons. The summed E-state index contributed by atoms with van der Waals surface area (Å²) in [6.45, 7) is 1.22. The third kappa shape index (κ3) is 4.24. The van der Waals surface area contributed by atoms with Crippen LogP contribution in [-0.2, 0) is 10.0 Å². The van der Waals surface area contributed by atoms with Crippen molar-refractivity contribution in [3.63, 3.8) is 0 Å². The second-order valence-electron chi connectivity index (χ2n) is 6.72.